The van der Waals surface area contributed by atoms with Gasteiger partial charge in [0.1, 0.15) is 5.82 Å². The van der Waals surface area contributed by atoms with Crippen LogP contribution in [-0.2, 0) is 0 Å². The lowest BCUT2D eigenvalue weighted by molar-refractivity contribution is 0.0705. The van der Waals surface area contributed by atoms with E-state index in [2.05, 4.69) is 51.4 Å². The Bertz CT molecular complexity index is 930. The van der Waals surface area contributed by atoms with E-state index >= 15 is 0 Å². The predicted molar refractivity (Wildman–Crippen MR) is 103 cm³/mol. The highest BCUT2D eigenvalue weighted by molar-refractivity contribution is 5.93. The lowest BCUT2D eigenvalue weighted by Gasteiger charge is -2.32. The van der Waals surface area contributed by atoms with E-state index in [9.17, 15) is 4.79 Å². The third-order valence-corrected chi connectivity index (χ3v) is 5.18. The fraction of sp³-hybridized carbons (Fsp3) is 0.333. The second-order valence-electron chi connectivity index (χ2n) is 7.17. The van der Waals surface area contributed by atoms with E-state index in [4.69, 9.17) is 0 Å². The molecule has 27 heavy (non-hydrogen) atoms. The van der Waals surface area contributed by atoms with Crippen LogP contribution < -0.4 is 0 Å². The van der Waals surface area contributed by atoms with Gasteiger partial charge in [-0.05, 0) is 32.3 Å². The quantitative estimate of drug-likeness (QED) is 0.775. The molecule has 1 N–H and O–H groups in total. The Labute approximate surface area is 158 Å². The van der Waals surface area contributed by atoms with Crippen molar-refractivity contribution in [2.24, 2.45) is 0 Å². The van der Waals surface area contributed by atoms with Gasteiger partial charge in [-0.25, -0.2) is 9.97 Å². The molecule has 0 bridgehead atoms. The summed E-state index contributed by atoms with van der Waals surface area (Å²) in [6.45, 7) is 5.33. The van der Waals surface area contributed by atoms with Gasteiger partial charge in [-0.2, -0.15) is 5.10 Å². The molecule has 2 aromatic heterocycles. The number of piperidine rings is 1. The zero-order valence-electron chi connectivity index (χ0n) is 15.6. The Morgan fingerprint density at radius 2 is 1.85 bits per heavy atom. The van der Waals surface area contributed by atoms with E-state index in [1.807, 2.05) is 18.0 Å². The molecule has 3 heterocycles. The number of H-pyrrole nitrogens is 1. The SMILES string of the molecule is Cc1ccc(-c2cn[nH]c2C2CCCN(C(=O)c3cnc(C)nc3)C2)cc1. The number of nitrogens with zero attached hydrogens (tertiary/aromatic N) is 4. The number of carbonyl (C=O) groups is 1. The van der Waals surface area contributed by atoms with Crippen LogP contribution in [0.1, 0.15) is 46.2 Å². The number of amides is 1. The van der Waals surface area contributed by atoms with Gasteiger partial charge in [-0.1, -0.05) is 29.8 Å². The largest absolute Gasteiger partial charge is 0.338 e. The molecule has 1 saturated heterocycles. The van der Waals surface area contributed by atoms with Crippen molar-refractivity contribution in [1.29, 1.82) is 0 Å². The Hall–Kier alpha value is -3.02. The number of hydrogen-bond donors (Lipinski definition) is 1. The van der Waals surface area contributed by atoms with Crippen molar-refractivity contribution in [3.8, 4) is 11.1 Å². The molecule has 1 amide bonds. The molecule has 6 nitrogen and oxygen atoms in total. The Kier molecular flexibility index (Phi) is 4.71. The van der Waals surface area contributed by atoms with Crippen LogP contribution in [-0.4, -0.2) is 44.1 Å². The van der Waals surface area contributed by atoms with Gasteiger partial charge < -0.3 is 4.90 Å². The molecule has 0 saturated carbocycles. The van der Waals surface area contributed by atoms with Crippen LogP contribution >= 0.6 is 0 Å². The molecule has 0 spiro atoms. The molecule has 4 rings (SSSR count). The normalized spacial score (nSPS) is 17.1. The summed E-state index contributed by atoms with van der Waals surface area (Å²) >= 11 is 0. The molecular formula is C21H23N5O. The van der Waals surface area contributed by atoms with Gasteiger partial charge in [-0.3, -0.25) is 9.89 Å². The summed E-state index contributed by atoms with van der Waals surface area (Å²) < 4.78 is 0. The number of aromatic amines is 1. The summed E-state index contributed by atoms with van der Waals surface area (Å²) in [5, 5.41) is 7.47. The Morgan fingerprint density at radius 1 is 1.11 bits per heavy atom. The van der Waals surface area contributed by atoms with Crippen molar-refractivity contribution in [2.45, 2.75) is 32.6 Å². The van der Waals surface area contributed by atoms with Crippen molar-refractivity contribution in [3.05, 3.63) is 65.5 Å². The standard InChI is InChI=1S/C21H23N5O/c1-14-5-7-16(8-6-14)19-12-24-25-20(19)17-4-3-9-26(13-17)21(27)18-10-22-15(2)23-11-18/h5-8,10-12,17H,3-4,9,13H2,1-2H3,(H,24,25). The first-order valence-corrected chi connectivity index (χ1v) is 9.30. The molecule has 138 valence electrons. The monoisotopic (exact) mass is 361 g/mol. The zero-order chi connectivity index (χ0) is 18.8. The molecule has 0 aliphatic carbocycles. The minimum absolute atomic E-state index is 0.00361. The van der Waals surface area contributed by atoms with Crippen LogP contribution in [0.3, 0.4) is 0 Å². The molecule has 3 aromatic rings. The second kappa shape index (κ2) is 7.31. The lowest BCUT2D eigenvalue weighted by atomic mass is 9.90. The van der Waals surface area contributed by atoms with Gasteiger partial charge in [0.25, 0.3) is 5.91 Å². The van der Waals surface area contributed by atoms with Crippen molar-refractivity contribution in [1.82, 2.24) is 25.1 Å². The molecule has 1 fully saturated rings. The first kappa shape index (κ1) is 17.4. The van der Waals surface area contributed by atoms with Crippen molar-refractivity contribution in [3.63, 3.8) is 0 Å². The molecule has 6 heteroatoms. The third kappa shape index (κ3) is 3.60. The molecular weight excluding hydrogens is 338 g/mol. The predicted octanol–water partition coefficient (Wildman–Crippen LogP) is 3.50. The fourth-order valence-corrected chi connectivity index (χ4v) is 3.65. The number of aromatic nitrogens is 4. The maximum Gasteiger partial charge on any atom is 0.257 e. The summed E-state index contributed by atoms with van der Waals surface area (Å²) in [6, 6.07) is 8.47. The Balaban J connectivity index is 1.55. The van der Waals surface area contributed by atoms with Crippen molar-refractivity contribution < 1.29 is 4.79 Å². The summed E-state index contributed by atoms with van der Waals surface area (Å²) in [5.74, 6) is 0.909. The van der Waals surface area contributed by atoms with Crippen LogP contribution in [0.15, 0.2) is 42.9 Å². The first-order valence-electron chi connectivity index (χ1n) is 9.30. The molecule has 1 aliphatic heterocycles. The van der Waals surface area contributed by atoms with Crippen molar-refractivity contribution >= 4 is 5.91 Å². The number of rotatable bonds is 3. The molecule has 1 aliphatic rings. The summed E-state index contributed by atoms with van der Waals surface area (Å²) in [4.78, 5) is 23.0. The van der Waals surface area contributed by atoms with Gasteiger partial charge in [-0.15, -0.1) is 0 Å². The minimum Gasteiger partial charge on any atom is -0.338 e. The number of aryl methyl sites for hydroxylation is 2. The van der Waals surface area contributed by atoms with E-state index in [0.717, 1.165) is 36.2 Å². The lowest BCUT2D eigenvalue weighted by Crippen LogP contribution is -2.39. The van der Waals surface area contributed by atoms with E-state index < -0.39 is 0 Å². The number of nitrogens with one attached hydrogen (secondary N) is 1. The second-order valence-corrected chi connectivity index (χ2v) is 7.17. The van der Waals surface area contributed by atoms with Crippen LogP contribution in [0.2, 0.25) is 0 Å². The summed E-state index contributed by atoms with van der Waals surface area (Å²) in [5.41, 5.74) is 5.16. The molecule has 0 radical (unpaired) electrons. The van der Waals surface area contributed by atoms with Gasteiger partial charge in [0.15, 0.2) is 0 Å². The highest BCUT2D eigenvalue weighted by Crippen LogP contribution is 2.33. The number of hydrogen-bond acceptors (Lipinski definition) is 4. The van der Waals surface area contributed by atoms with Gasteiger partial charge in [0.05, 0.1) is 11.8 Å². The number of benzene rings is 1. The first-order chi connectivity index (χ1) is 13.1. The highest BCUT2D eigenvalue weighted by atomic mass is 16.2. The van der Waals surface area contributed by atoms with Crippen LogP contribution in [0.25, 0.3) is 11.1 Å². The van der Waals surface area contributed by atoms with Crippen molar-refractivity contribution in [2.75, 3.05) is 13.1 Å². The van der Waals surface area contributed by atoms with E-state index in [-0.39, 0.29) is 11.8 Å². The average Bonchev–Trinajstić information content (AvgIpc) is 3.18. The van der Waals surface area contributed by atoms with E-state index in [0.29, 0.717) is 17.9 Å². The van der Waals surface area contributed by atoms with E-state index in [1.165, 1.54) is 5.56 Å². The highest BCUT2D eigenvalue weighted by Gasteiger charge is 2.28. The summed E-state index contributed by atoms with van der Waals surface area (Å²) in [7, 11) is 0. The number of likely N-dealkylation sites (tertiary alicyclic amines) is 1. The number of carbonyl (C=O) groups excluding carboxylic acids is 1. The summed E-state index contributed by atoms with van der Waals surface area (Å²) in [6.07, 6.45) is 7.11. The smallest absolute Gasteiger partial charge is 0.257 e. The maximum atomic E-state index is 12.8. The van der Waals surface area contributed by atoms with Gasteiger partial charge in [0.2, 0.25) is 0 Å². The Morgan fingerprint density at radius 3 is 2.59 bits per heavy atom. The molecule has 1 atom stereocenters. The van der Waals surface area contributed by atoms with Crippen LogP contribution in [0, 0.1) is 13.8 Å². The topological polar surface area (TPSA) is 74.8 Å². The zero-order valence-corrected chi connectivity index (χ0v) is 15.6. The maximum absolute atomic E-state index is 12.8. The van der Waals surface area contributed by atoms with Crippen LogP contribution in [0.5, 0.6) is 0 Å². The van der Waals surface area contributed by atoms with Gasteiger partial charge >= 0.3 is 0 Å². The molecule has 1 unspecified atom stereocenters. The third-order valence-electron chi connectivity index (χ3n) is 5.18. The van der Waals surface area contributed by atoms with Crippen LogP contribution in [0.4, 0.5) is 0 Å². The fourth-order valence-electron chi connectivity index (χ4n) is 3.65. The molecule has 1 aromatic carbocycles. The van der Waals surface area contributed by atoms with Gasteiger partial charge in [0, 0.05) is 42.7 Å². The average molecular weight is 361 g/mol. The van der Waals surface area contributed by atoms with E-state index in [1.54, 1.807) is 12.4 Å². The minimum atomic E-state index is -0.00361.